The smallest absolute Gasteiger partial charge is 0.410 e. The van der Waals surface area contributed by atoms with Crippen molar-refractivity contribution < 1.29 is 28.5 Å². The third kappa shape index (κ3) is 5.37. The van der Waals surface area contributed by atoms with Crippen LogP contribution in [0.4, 0.5) is 4.79 Å². The number of nitrogens with zero attached hydrogens (tertiary/aromatic N) is 5. The number of carbonyl (C=O) groups is 1. The Morgan fingerprint density at radius 2 is 1.97 bits per heavy atom. The Labute approximate surface area is 233 Å². The van der Waals surface area contributed by atoms with Gasteiger partial charge in [-0.3, -0.25) is 4.90 Å². The molecule has 1 unspecified atom stereocenters. The van der Waals surface area contributed by atoms with Gasteiger partial charge in [-0.2, -0.15) is 0 Å². The maximum atomic E-state index is 12.8. The summed E-state index contributed by atoms with van der Waals surface area (Å²) < 4.78 is 33.3. The zero-order valence-electron chi connectivity index (χ0n) is 23.3. The van der Waals surface area contributed by atoms with Gasteiger partial charge in [0.05, 0.1) is 24.1 Å². The third-order valence-corrected chi connectivity index (χ3v) is 8.12. The highest BCUT2D eigenvalue weighted by atomic mass is 35.5. The Kier molecular flexibility index (Phi) is 6.84. The maximum Gasteiger partial charge on any atom is 0.410 e. The van der Waals surface area contributed by atoms with E-state index in [9.17, 15) is 4.79 Å². The van der Waals surface area contributed by atoms with Crippen LogP contribution in [0.5, 0.6) is 0 Å². The molecular formula is C27H38ClN5O6. The highest BCUT2D eigenvalue weighted by Crippen LogP contribution is 2.44. The number of morpholine rings is 1. The number of rotatable bonds is 3. The lowest BCUT2D eigenvalue weighted by Crippen LogP contribution is -2.61. The fourth-order valence-corrected chi connectivity index (χ4v) is 6.53. The molecule has 4 aliphatic heterocycles. The van der Waals surface area contributed by atoms with Crippen LogP contribution in [0.3, 0.4) is 0 Å². The Hall–Kier alpha value is -2.02. The fourth-order valence-electron chi connectivity index (χ4n) is 6.34. The van der Waals surface area contributed by atoms with E-state index in [4.69, 9.17) is 35.3 Å². The number of hydrogen-bond donors (Lipinski definition) is 0. The molecule has 1 amide bonds. The highest BCUT2D eigenvalue weighted by molar-refractivity contribution is 6.33. The monoisotopic (exact) mass is 563 g/mol. The summed E-state index contributed by atoms with van der Waals surface area (Å²) >= 11 is 6.31. The lowest BCUT2D eigenvalue weighted by molar-refractivity contribution is -0.201. The van der Waals surface area contributed by atoms with E-state index in [1.165, 1.54) is 6.33 Å². The molecule has 1 spiro atoms. The van der Waals surface area contributed by atoms with Gasteiger partial charge in [-0.25, -0.2) is 14.8 Å². The second-order valence-electron chi connectivity index (χ2n) is 12.5. The van der Waals surface area contributed by atoms with Crippen LogP contribution in [-0.4, -0.2) is 105 Å². The summed E-state index contributed by atoms with van der Waals surface area (Å²) in [5.74, 6) is -0.727. The van der Waals surface area contributed by atoms with Gasteiger partial charge in [-0.15, -0.1) is 0 Å². The lowest BCUT2D eigenvalue weighted by Gasteiger charge is -2.48. The predicted octanol–water partition coefficient (Wildman–Crippen LogP) is 3.60. The largest absolute Gasteiger partial charge is 0.444 e. The number of aromatic nitrogens is 3. The van der Waals surface area contributed by atoms with Crippen molar-refractivity contribution >= 4 is 28.7 Å². The van der Waals surface area contributed by atoms with Gasteiger partial charge in [0.25, 0.3) is 0 Å². The molecule has 0 aromatic carbocycles. The third-order valence-electron chi connectivity index (χ3n) is 7.82. The quantitative estimate of drug-likeness (QED) is 0.518. The summed E-state index contributed by atoms with van der Waals surface area (Å²) in [4.78, 5) is 25.5. The van der Waals surface area contributed by atoms with E-state index in [-0.39, 0.29) is 24.4 Å². The van der Waals surface area contributed by atoms with Gasteiger partial charge in [-0.05, 0) is 53.5 Å². The standard InChI is InChI=1S/C27H38ClN5O6/c1-25(2,3)39-24(34)32-9-6-8-27(15-32)14-31(11-12-35-27)13-18-19-20(38-26(4,5)37-19)23(36-18)33-10-7-17-21(28)29-16-30-22(17)33/h7,10,16,18-20,23H,6,8-9,11-15H2,1-5H3/t18-,19-,20-,23-,27?/m1/s1. The first-order valence-electron chi connectivity index (χ1n) is 13.7. The molecular weight excluding hydrogens is 526 g/mol. The Morgan fingerprint density at radius 1 is 1.18 bits per heavy atom. The van der Waals surface area contributed by atoms with Crippen LogP contribution in [0, 0.1) is 0 Å². The summed E-state index contributed by atoms with van der Waals surface area (Å²) in [6.07, 6.45) is 3.66. The van der Waals surface area contributed by atoms with Crippen molar-refractivity contribution in [3.05, 3.63) is 23.7 Å². The van der Waals surface area contributed by atoms with E-state index in [0.717, 1.165) is 24.8 Å². The van der Waals surface area contributed by atoms with Crippen molar-refractivity contribution in [2.75, 3.05) is 39.3 Å². The van der Waals surface area contributed by atoms with Gasteiger partial charge in [0.15, 0.2) is 12.0 Å². The zero-order valence-corrected chi connectivity index (χ0v) is 24.0. The number of amides is 1. The summed E-state index contributed by atoms with van der Waals surface area (Å²) in [6, 6.07) is 1.90. The average molecular weight is 564 g/mol. The minimum Gasteiger partial charge on any atom is -0.444 e. The fraction of sp³-hybridized carbons (Fsp3) is 0.741. The molecule has 2 aromatic heterocycles. The van der Waals surface area contributed by atoms with Crippen molar-refractivity contribution in [1.29, 1.82) is 0 Å². The second-order valence-corrected chi connectivity index (χ2v) is 12.9. The maximum absolute atomic E-state index is 12.8. The van der Waals surface area contributed by atoms with Gasteiger partial charge in [0.1, 0.15) is 41.0 Å². The Balaban J connectivity index is 1.18. The number of carbonyl (C=O) groups excluding carboxylic acids is 1. The number of ether oxygens (including phenoxy) is 5. The topological polar surface area (TPSA) is 100 Å². The van der Waals surface area contributed by atoms with E-state index in [0.29, 0.717) is 43.6 Å². The summed E-state index contributed by atoms with van der Waals surface area (Å²) in [5, 5.41) is 1.17. The Morgan fingerprint density at radius 3 is 2.77 bits per heavy atom. The van der Waals surface area contributed by atoms with Crippen LogP contribution >= 0.6 is 11.6 Å². The van der Waals surface area contributed by atoms with Crippen LogP contribution in [-0.2, 0) is 23.7 Å². The molecule has 4 fully saturated rings. The molecule has 0 saturated carbocycles. The summed E-state index contributed by atoms with van der Waals surface area (Å²) in [6.45, 7) is 13.4. The average Bonchev–Trinajstić information content (AvgIpc) is 3.50. The van der Waals surface area contributed by atoms with Gasteiger partial charge in [0.2, 0.25) is 0 Å². The predicted molar refractivity (Wildman–Crippen MR) is 142 cm³/mol. The van der Waals surface area contributed by atoms with Crippen LogP contribution in [0.2, 0.25) is 5.15 Å². The summed E-state index contributed by atoms with van der Waals surface area (Å²) in [7, 11) is 0. The van der Waals surface area contributed by atoms with E-state index in [1.54, 1.807) is 4.90 Å². The molecule has 0 N–H and O–H groups in total. The number of fused-ring (bicyclic) bond motifs is 2. The number of piperidine rings is 1. The van der Waals surface area contributed by atoms with Crippen molar-refractivity contribution in [2.45, 2.75) is 89.0 Å². The van der Waals surface area contributed by atoms with Gasteiger partial charge >= 0.3 is 6.09 Å². The molecule has 5 atom stereocenters. The molecule has 4 aliphatic rings. The number of hydrogen-bond acceptors (Lipinski definition) is 9. The lowest BCUT2D eigenvalue weighted by atomic mass is 9.90. The molecule has 6 rings (SSSR count). The van der Waals surface area contributed by atoms with Crippen molar-refractivity contribution in [3.63, 3.8) is 0 Å². The molecule has 214 valence electrons. The van der Waals surface area contributed by atoms with E-state index in [2.05, 4.69) is 14.9 Å². The highest BCUT2D eigenvalue weighted by Gasteiger charge is 2.56. The van der Waals surface area contributed by atoms with Crippen LogP contribution in [0.25, 0.3) is 11.0 Å². The molecule has 0 aliphatic carbocycles. The van der Waals surface area contributed by atoms with Crippen molar-refractivity contribution in [2.24, 2.45) is 0 Å². The number of likely N-dealkylation sites (tertiary alicyclic amines) is 1. The van der Waals surface area contributed by atoms with Crippen LogP contribution in [0.15, 0.2) is 18.6 Å². The van der Waals surface area contributed by atoms with Gasteiger partial charge in [0, 0.05) is 32.4 Å². The van der Waals surface area contributed by atoms with Gasteiger partial charge < -0.3 is 33.2 Å². The van der Waals surface area contributed by atoms with Crippen LogP contribution < -0.4 is 0 Å². The normalized spacial score (nSPS) is 33.1. The Bertz CT molecular complexity index is 1230. The van der Waals surface area contributed by atoms with E-state index < -0.39 is 23.2 Å². The zero-order chi connectivity index (χ0) is 27.6. The first kappa shape index (κ1) is 27.2. The van der Waals surface area contributed by atoms with Gasteiger partial charge in [-0.1, -0.05) is 11.6 Å². The molecule has 0 radical (unpaired) electrons. The molecule has 11 nitrogen and oxygen atoms in total. The van der Waals surface area contributed by atoms with E-state index in [1.807, 2.05) is 51.4 Å². The molecule has 0 bridgehead atoms. The molecule has 4 saturated heterocycles. The summed E-state index contributed by atoms with van der Waals surface area (Å²) in [5.41, 5.74) is -0.267. The number of halogens is 1. The van der Waals surface area contributed by atoms with Crippen molar-refractivity contribution in [3.8, 4) is 0 Å². The van der Waals surface area contributed by atoms with Crippen molar-refractivity contribution in [1.82, 2.24) is 24.3 Å². The SMILES string of the molecule is CC(C)(C)OC(=O)N1CCCC2(CN(C[C@H]3O[C@@H](n4ccc5c(Cl)ncnc54)[C@@H]4OC(C)(C)O[C@@H]43)CCO2)C1. The first-order chi connectivity index (χ1) is 18.4. The second kappa shape index (κ2) is 9.81. The first-order valence-corrected chi connectivity index (χ1v) is 14.1. The molecule has 6 heterocycles. The molecule has 12 heteroatoms. The van der Waals surface area contributed by atoms with E-state index >= 15 is 0 Å². The minimum absolute atomic E-state index is 0.225. The minimum atomic E-state index is -0.727. The molecule has 2 aromatic rings. The van der Waals surface area contributed by atoms with Crippen LogP contribution in [0.1, 0.15) is 53.7 Å². The molecule has 39 heavy (non-hydrogen) atoms.